The van der Waals surface area contributed by atoms with Crippen LogP contribution in [0, 0.1) is 0 Å². The van der Waals surface area contributed by atoms with Crippen molar-refractivity contribution >= 4 is 5.97 Å². The van der Waals surface area contributed by atoms with Gasteiger partial charge in [0.15, 0.2) is 0 Å². The zero-order valence-corrected chi connectivity index (χ0v) is 7.80. The molecule has 3 nitrogen and oxygen atoms in total. The summed E-state index contributed by atoms with van der Waals surface area (Å²) in [6.45, 7) is 7.52. The molecular weight excluding hydrogens is 154 g/mol. The van der Waals surface area contributed by atoms with Crippen LogP contribution in [-0.2, 0) is 9.53 Å². The third-order valence-electron chi connectivity index (χ3n) is 2.08. The first-order chi connectivity index (χ1) is 5.58. The first-order valence-electron chi connectivity index (χ1n) is 4.16. The Morgan fingerprint density at radius 3 is 2.42 bits per heavy atom. The van der Waals surface area contributed by atoms with Crippen LogP contribution in [0.3, 0.4) is 0 Å². The Kier molecular flexibility index (Phi) is 4.59. The van der Waals surface area contributed by atoms with Crippen molar-refractivity contribution in [2.45, 2.75) is 32.2 Å². The van der Waals surface area contributed by atoms with E-state index in [4.69, 9.17) is 10.5 Å². The molecule has 0 fully saturated rings. The molecule has 0 aliphatic carbocycles. The Balaban J connectivity index is 3.88. The van der Waals surface area contributed by atoms with Crippen molar-refractivity contribution in [3.8, 4) is 0 Å². The highest BCUT2D eigenvalue weighted by molar-refractivity contribution is 5.81. The standard InChI is InChI=1S/C9H17NO2/c1-4-8(11)12-7-9(10,5-2)6-3/h4H,1,5-7,10H2,2-3H3. The third kappa shape index (κ3) is 3.53. The van der Waals surface area contributed by atoms with Crippen molar-refractivity contribution in [1.82, 2.24) is 0 Å². The van der Waals surface area contributed by atoms with Gasteiger partial charge in [0.2, 0.25) is 0 Å². The molecular formula is C9H17NO2. The average molecular weight is 171 g/mol. The summed E-state index contributed by atoms with van der Waals surface area (Å²) in [5.74, 6) is -0.410. The van der Waals surface area contributed by atoms with Crippen LogP contribution in [0.4, 0.5) is 0 Å². The second kappa shape index (κ2) is 4.93. The molecule has 0 saturated carbocycles. The van der Waals surface area contributed by atoms with Gasteiger partial charge >= 0.3 is 5.97 Å². The predicted octanol–water partition coefficient (Wildman–Crippen LogP) is 1.23. The molecule has 0 aromatic carbocycles. The Morgan fingerprint density at radius 1 is 1.58 bits per heavy atom. The Bertz CT molecular complexity index is 162. The minimum Gasteiger partial charge on any atom is -0.461 e. The SMILES string of the molecule is C=CC(=O)OCC(N)(CC)CC. The Hall–Kier alpha value is -0.830. The number of hydrogen-bond donors (Lipinski definition) is 1. The first kappa shape index (κ1) is 11.2. The summed E-state index contributed by atoms with van der Waals surface area (Å²) >= 11 is 0. The molecule has 3 heteroatoms. The number of esters is 1. The van der Waals surface area contributed by atoms with Crippen LogP contribution < -0.4 is 5.73 Å². The normalized spacial score (nSPS) is 10.9. The molecule has 0 spiro atoms. The molecule has 12 heavy (non-hydrogen) atoms. The third-order valence-corrected chi connectivity index (χ3v) is 2.08. The highest BCUT2D eigenvalue weighted by Gasteiger charge is 2.21. The quantitative estimate of drug-likeness (QED) is 0.500. The maximum atomic E-state index is 10.7. The van der Waals surface area contributed by atoms with E-state index in [1.807, 2.05) is 13.8 Å². The van der Waals surface area contributed by atoms with E-state index in [9.17, 15) is 4.79 Å². The van der Waals surface area contributed by atoms with Gasteiger partial charge in [-0.3, -0.25) is 0 Å². The van der Waals surface area contributed by atoms with Crippen molar-refractivity contribution in [3.05, 3.63) is 12.7 Å². The van der Waals surface area contributed by atoms with E-state index in [1.54, 1.807) is 0 Å². The average Bonchev–Trinajstić information content (AvgIpc) is 2.13. The van der Waals surface area contributed by atoms with Gasteiger partial charge in [0, 0.05) is 11.6 Å². The summed E-state index contributed by atoms with van der Waals surface area (Å²) in [5.41, 5.74) is 5.51. The molecule has 0 saturated heterocycles. The van der Waals surface area contributed by atoms with Gasteiger partial charge in [-0.25, -0.2) is 4.79 Å². The molecule has 0 bridgehead atoms. The maximum absolute atomic E-state index is 10.7. The minimum atomic E-state index is -0.410. The van der Waals surface area contributed by atoms with Crippen LogP contribution in [0.25, 0.3) is 0 Å². The molecule has 0 aromatic heterocycles. The van der Waals surface area contributed by atoms with Crippen LogP contribution in [0.1, 0.15) is 26.7 Å². The fraction of sp³-hybridized carbons (Fsp3) is 0.667. The summed E-state index contributed by atoms with van der Waals surface area (Å²) in [4.78, 5) is 10.7. The van der Waals surface area contributed by atoms with Gasteiger partial charge in [0.05, 0.1) is 0 Å². The largest absolute Gasteiger partial charge is 0.461 e. The van der Waals surface area contributed by atoms with E-state index >= 15 is 0 Å². The van der Waals surface area contributed by atoms with E-state index in [0.29, 0.717) is 0 Å². The second-order valence-electron chi connectivity index (χ2n) is 2.88. The zero-order valence-electron chi connectivity index (χ0n) is 7.80. The maximum Gasteiger partial charge on any atom is 0.330 e. The fourth-order valence-corrected chi connectivity index (χ4v) is 0.728. The lowest BCUT2D eigenvalue weighted by Gasteiger charge is -2.25. The van der Waals surface area contributed by atoms with Crippen molar-refractivity contribution in [2.24, 2.45) is 5.73 Å². The van der Waals surface area contributed by atoms with Gasteiger partial charge in [-0.1, -0.05) is 20.4 Å². The number of rotatable bonds is 5. The summed E-state index contributed by atoms with van der Waals surface area (Å²) in [7, 11) is 0. The van der Waals surface area contributed by atoms with Gasteiger partial charge in [-0.05, 0) is 12.8 Å². The molecule has 0 aliphatic rings. The highest BCUT2D eigenvalue weighted by Crippen LogP contribution is 2.11. The molecule has 2 N–H and O–H groups in total. The lowest BCUT2D eigenvalue weighted by Crippen LogP contribution is -2.43. The molecule has 0 aliphatic heterocycles. The zero-order chi connectivity index (χ0) is 9.61. The van der Waals surface area contributed by atoms with Gasteiger partial charge in [-0.15, -0.1) is 0 Å². The lowest BCUT2D eigenvalue weighted by atomic mass is 9.96. The first-order valence-corrected chi connectivity index (χ1v) is 4.16. The molecule has 0 radical (unpaired) electrons. The van der Waals surface area contributed by atoms with E-state index in [-0.39, 0.29) is 12.1 Å². The van der Waals surface area contributed by atoms with E-state index in [2.05, 4.69) is 6.58 Å². The molecule has 0 heterocycles. The van der Waals surface area contributed by atoms with Gasteiger partial charge in [0.1, 0.15) is 6.61 Å². The van der Waals surface area contributed by atoms with E-state index < -0.39 is 5.97 Å². The number of carbonyl (C=O) groups excluding carboxylic acids is 1. The summed E-state index contributed by atoms with van der Waals surface area (Å²) in [6, 6.07) is 0. The van der Waals surface area contributed by atoms with E-state index in [1.165, 1.54) is 0 Å². The van der Waals surface area contributed by atoms with Crippen molar-refractivity contribution in [1.29, 1.82) is 0 Å². The van der Waals surface area contributed by atoms with Gasteiger partial charge in [0.25, 0.3) is 0 Å². The smallest absolute Gasteiger partial charge is 0.330 e. The minimum absolute atomic E-state index is 0.269. The van der Waals surface area contributed by atoms with Crippen LogP contribution in [0.2, 0.25) is 0 Å². The van der Waals surface area contributed by atoms with Crippen molar-refractivity contribution < 1.29 is 9.53 Å². The fourth-order valence-electron chi connectivity index (χ4n) is 0.728. The predicted molar refractivity (Wildman–Crippen MR) is 48.7 cm³/mol. The summed E-state index contributed by atoms with van der Waals surface area (Å²) in [5, 5.41) is 0. The number of carbonyl (C=O) groups is 1. The topological polar surface area (TPSA) is 52.3 Å². The van der Waals surface area contributed by atoms with Crippen LogP contribution >= 0.6 is 0 Å². The molecule has 0 rings (SSSR count). The monoisotopic (exact) mass is 171 g/mol. The van der Waals surface area contributed by atoms with Crippen LogP contribution in [0.15, 0.2) is 12.7 Å². The molecule has 0 amide bonds. The molecule has 0 aromatic rings. The van der Waals surface area contributed by atoms with E-state index in [0.717, 1.165) is 18.9 Å². The van der Waals surface area contributed by atoms with Crippen LogP contribution in [-0.4, -0.2) is 18.1 Å². The molecule has 70 valence electrons. The summed E-state index contributed by atoms with van der Waals surface area (Å²) < 4.78 is 4.86. The van der Waals surface area contributed by atoms with Crippen LogP contribution in [0.5, 0.6) is 0 Å². The number of hydrogen-bond acceptors (Lipinski definition) is 3. The lowest BCUT2D eigenvalue weighted by molar-refractivity contribution is -0.139. The Labute approximate surface area is 73.6 Å². The highest BCUT2D eigenvalue weighted by atomic mass is 16.5. The number of ether oxygens (including phenoxy) is 1. The van der Waals surface area contributed by atoms with Gasteiger partial charge in [-0.2, -0.15) is 0 Å². The molecule has 0 unspecified atom stereocenters. The van der Waals surface area contributed by atoms with Crippen molar-refractivity contribution in [3.63, 3.8) is 0 Å². The van der Waals surface area contributed by atoms with Gasteiger partial charge < -0.3 is 10.5 Å². The number of nitrogens with two attached hydrogens (primary N) is 1. The Morgan fingerprint density at radius 2 is 2.08 bits per heavy atom. The summed E-state index contributed by atoms with van der Waals surface area (Å²) in [6.07, 6.45) is 2.74. The van der Waals surface area contributed by atoms with Crippen molar-refractivity contribution in [2.75, 3.05) is 6.61 Å². The second-order valence-corrected chi connectivity index (χ2v) is 2.88. The molecule has 0 atom stereocenters.